The smallest absolute Gasteiger partial charge is 0.159 e. The van der Waals surface area contributed by atoms with Gasteiger partial charge in [0.25, 0.3) is 0 Å². The Morgan fingerprint density at radius 3 is 2.69 bits per heavy atom. The Morgan fingerprint density at radius 2 is 2.06 bits per heavy atom. The molecule has 2 aliphatic rings. The van der Waals surface area contributed by atoms with Crippen molar-refractivity contribution in [3.8, 4) is 0 Å². The maximum absolute atomic E-state index is 11.8. The van der Waals surface area contributed by atoms with Crippen molar-refractivity contribution in [2.45, 2.75) is 33.6 Å². The van der Waals surface area contributed by atoms with E-state index in [9.17, 15) is 4.79 Å². The first-order valence-electron chi connectivity index (χ1n) is 6.07. The van der Waals surface area contributed by atoms with E-state index in [0.29, 0.717) is 23.5 Å². The Labute approximate surface area is 97.9 Å². The molecule has 0 aliphatic heterocycles. The van der Waals surface area contributed by atoms with Gasteiger partial charge in [0.05, 0.1) is 0 Å². The lowest BCUT2D eigenvalue weighted by Gasteiger charge is -2.18. The first-order valence-corrected chi connectivity index (χ1v) is 6.07. The Kier molecular flexibility index (Phi) is 2.88. The molecule has 0 aromatic heterocycles. The van der Waals surface area contributed by atoms with Crippen molar-refractivity contribution >= 4 is 5.78 Å². The minimum atomic E-state index is 0.350. The van der Waals surface area contributed by atoms with E-state index in [0.717, 1.165) is 18.4 Å². The van der Waals surface area contributed by atoms with Gasteiger partial charge in [0.15, 0.2) is 5.78 Å². The van der Waals surface area contributed by atoms with Crippen molar-refractivity contribution in [2.24, 2.45) is 17.8 Å². The molecule has 1 nitrogen and oxygen atoms in total. The number of carbonyl (C=O) groups excluding carboxylic acids is 1. The van der Waals surface area contributed by atoms with Crippen LogP contribution in [0.3, 0.4) is 0 Å². The van der Waals surface area contributed by atoms with Crippen molar-refractivity contribution in [3.05, 3.63) is 35.5 Å². The molecule has 0 aromatic rings. The summed E-state index contributed by atoms with van der Waals surface area (Å²) in [5, 5.41) is 0. The van der Waals surface area contributed by atoms with Crippen LogP contribution in [0, 0.1) is 17.8 Å². The fourth-order valence-electron chi connectivity index (χ4n) is 2.83. The van der Waals surface area contributed by atoms with Crippen LogP contribution in [0.1, 0.15) is 33.6 Å². The molecule has 2 rings (SSSR count). The maximum Gasteiger partial charge on any atom is 0.159 e. The van der Waals surface area contributed by atoms with Gasteiger partial charge in [-0.05, 0) is 37.7 Å². The van der Waals surface area contributed by atoms with Crippen LogP contribution in [0.5, 0.6) is 0 Å². The summed E-state index contributed by atoms with van der Waals surface area (Å²) in [5.41, 5.74) is 3.60. The van der Waals surface area contributed by atoms with Gasteiger partial charge in [-0.25, -0.2) is 0 Å². The summed E-state index contributed by atoms with van der Waals surface area (Å²) in [6.07, 6.45) is 6.26. The second-order valence-corrected chi connectivity index (χ2v) is 5.29. The molecule has 0 saturated heterocycles. The van der Waals surface area contributed by atoms with E-state index in [1.54, 1.807) is 0 Å². The van der Waals surface area contributed by atoms with Gasteiger partial charge in [0, 0.05) is 12.3 Å². The summed E-state index contributed by atoms with van der Waals surface area (Å²) in [6, 6.07) is 0. The summed E-state index contributed by atoms with van der Waals surface area (Å²) < 4.78 is 0. The predicted molar refractivity (Wildman–Crippen MR) is 67.0 cm³/mol. The number of rotatable bonds is 1. The van der Waals surface area contributed by atoms with E-state index >= 15 is 0 Å². The minimum Gasteiger partial charge on any atom is -0.295 e. The SMILES string of the molecule is C=C(C)[C@@H]1C=C[C@H](C)[C@H]2CC(=O)C(C)=C2C1. The first-order chi connectivity index (χ1) is 7.50. The Bertz CT molecular complexity index is 398. The number of Topliss-reactive ketones (excluding diaryl/α,β-unsaturated/α-hetero) is 1. The maximum atomic E-state index is 11.8. The van der Waals surface area contributed by atoms with Gasteiger partial charge in [-0.3, -0.25) is 4.79 Å². The number of ketones is 1. The van der Waals surface area contributed by atoms with E-state index < -0.39 is 0 Å². The molecular formula is C15H20O. The van der Waals surface area contributed by atoms with Crippen molar-refractivity contribution in [1.29, 1.82) is 0 Å². The Hall–Kier alpha value is -1.11. The minimum absolute atomic E-state index is 0.350. The topological polar surface area (TPSA) is 17.1 Å². The third-order valence-corrected chi connectivity index (χ3v) is 4.11. The lowest BCUT2D eigenvalue weighted by molar-refractivity contribution is -0.115. The van der Waals surface area contributed by atoms with Crippen LogP contribution in [0.4, 0.5) is 0 Å². The van der Waals surface area contributed by atoms with E-state index in [1.807, 2.05) is 6.92 Å². The van der Waals surface area contributed by atoms with Crippen molar-refractivity contribution in [2.75, 3.05) is 0 Å². The molecule has 16 heavy (non-hydrogen) atoms. The van der Waals surface area contributed by atoms with Gasteiger partial charge in [0.1, 0.15) is 0 Å². The highest BCUT2D eigenvalue weighted by Gasteiger charge is 2.34. The van der Waals surface area contributed by atoms with Crippen molar-refractivity contribution < 1.29 is 4.79 Å². The van der Waals surface area contributed by atoms with Crippen LogP contribution in [0.2, 0.25) is 0 Å². The quantitative estimate of drug-likeness (QED) is 0.611. The highest BCUT2D eigenvalue weighted by Crippen LogP contribution is 2.42. The average Bonchev–Trinajstić information content (AvgIpc) is 2.42. The fourth-order valence-corrected chi connectivity index (χ4v) is 2.83. The third-order valence-electron chi connectivity index (χ3n) is 4.11. The molecule has 0 radical (unpaired) electrons. The van der Waals surface area contributed by atoms with Crippen molar-refractivity contribution in [3.63, 3.8) is 0 Å². The van der Waals surface area contributed by atoms with E-state index in [1.165, 1.54) is 11.1 Å². The second kappa shape index (κ2) is 4.04. The van der Waals surface area contributed by atoms with Gasteiger partial charge in [-0.15, -0.1) is 0 Å². The summed E-state index contributed by atoms with van der Waals surface area (Å²) in [6.45, 7) is 10.3. The monoisotopic (exact) mass is 216 g/mol. The Morgan fingerprint density at radius 1 is 1.38 bits per heavy atom. The predicted octanol–water partition coefficient (Wildman–Crippen LogP) is 3.68. The van der Waals surface area contributed by atoms with Crippen LogP contribution in [0.15, 0.2) is 35.5 Å². The van der Waals surface area contributed by atoms with Crippen LogP contribution >= 0.6 is 0 Å². The molecule has 0 fully saturated rings. The molecule has 0 amide bonds. The largest absolute Gasteiger partial charge is 0.295 e. The lowest BCUT2D eigenvalue weighted by Crippen LogP contribution is -2.09. The molecule has 0 aromatic carbocycles. The molecule has 0 bridgehead atoms. The van der Waals surface area contributed by atoms with Crippen molar-refractivity contribution in [1.82, 2.24) is 0 Å². The van der Waals surface area contributed by atoms with Crippen LogP contribution in [0.25, 0.3) is 0 Å². The molecule has 0 N–H and O–H groups in total. The van der Waals surface area contributed by atoms with Gasteiger partial charge in [-0.2, -0.15) is 0 Å². The lowest BCUT2D eigenvalue weighted by atomic mass is 9.86. The van der Waals surface area contributed by atoms with Crippen LogP contribution in [-0.2, 0) is 4.79 Å². The van der Waals surface area contributed by atoms with E-state index in [-0.39, 0.29) is 0 Å². The standard InChI is InChI=1S/C15H20O/c1-9(2)12-6-5-10(3)13-8-15(16)11(4)14(13)7-12/h5-6,10,12-13H,1,7-8H2,2-4H3/t10-,12+,13+/m0/s1. The number of hydrogen-bond acceptors (Lipinski definition) is 1. The summed E-state index contributed by atoms with van der Waals surface area (Å²) in [4.78, 5) is 11.8. The molecule has 0 spiro atoms. The zero-order valence-corrected chi connectivity index (χ0v) is 10.4. The van der Waals surface area contributed by atoms with Gasteiger partial charge in [-0.1, -0.05) is 36.8 Å². The molecule has 0 heterocycles. The molecule has 0 unspecified atom stereocenters. The molecule has 3 atom stereocenters. The van der Waals surface area contributed by atoms with E-state index in [2.05, 4.69) is 32.6 Å². The van der Waals surface area contributed by atoms with Gasteiger partial charge < -0.3 is 0 Å². The molecular weight excluding hydrogens is 196 g/mol. The highest BCUT2D eigenvalue weighted by molar-refractivity contribution is 5.98. The van der Waals surface area contributed by atoms with E-state index in [4.69, 9.17) is 0 Å². The summed E-state index contributed by atoms with van der Waals surface area (Å²) >= 11 is 0. The second-order valence-electron chi connectivity index (χ2n) is 5.29. The number of hydrogen-bond donors (Lipinski definition) is 0. The van der Waals surface area contributed by atoms with Gasteiger partial charge in [0.2, 0.25) is 0 Å². The summed E-state index contributed by atoms with van der Waals surface area (Å²) in [7, 11) is 0. The van der Waals surface area contributed by atoms with Gasteiger partial charge >= 0.3 is 0 Å². The molecule has 0 saturated carbocycles. The molecule has 86 valence electrons. The first kappa shape index (κ1) is 11.4. The highest BCUT2D eigenvalue weighted by atomic mass is 16.1. The zero-order chi connectivity index (χ0) is 11.9. The molecule has 2 aliphatic carbocycles. The summed E-state index contributed by atoms with van der Waals surface area (Å²) in [5.74, 6) is 1.71. The van der Waals surface area contributed by atoms with Crippen LogP contribution < -0.4 is 0 Å². The van der Waals surface area contributed by atoms with Crippen LogP contribution in [-0.4, -0.2) is 5.78 Å². The fraction of sp³-hybridized carbons (Fsp3) is 0.533. The molecule has 1 heteroatoms. The zero-order valence-electron chi connectivity index (χ0n) is 10.4. The normalized spacial score (nSPS) is 33.9. The third kappa shape index (κ3) is 1.79. The number of allylic oxidation sites excluding steroid dienone is 5. The Balaban J connectivity index is 2.37. The number of fused-ring (bicyclic) bond motifs is 1. The average molecular weight is 216 g/mol. The number of carbonyl (C=O) groups is 1.